The van der Waals surface area contributed by atoms with Crippen LogP contribution in [0.25, 0.3) is 11.4 Å². The fourth-order valence-electron chi connectivity index (χ4n) is 5.65. The number of nitrogens with zero attached hydrogens (tertiary/aromatic N) is 7. The van der Waals surface area contributed by atoms with Gasteiger partial charge in [-0.05, 0) is 57.4 Å². The Morgan fingerprint density at radius 2 is 2.21 bits per heavy atom. The molecule has 200 valence electrons. The van der Waals surface area contributed by atoms with Crippen LogP contribution >= 0.6 is 0 Å². The summed E-state index contributed by atoms with van der Waals surface area (Å²) in [6, 6.07) is 8.83. The average Bonchev–Trinajstić information content (AvgIpc) is 3.66. The highest BCUT2D eigenvalue weighted by Gasteiger charge is 2.51. The maximum atomic E-state index is 13.5. The summed E-state index contributed by atoms with van der Waals surface area (Å²) in [5.41, 5.74) is 1.59. The predicted octanol–water partition coefficient (Wildman–Crippen LogP) is 2.05. The van der Waals surface area contributed by atoms with E-state index in [1.807, 2.05) is 54.8 Å². The number of alkyl carbamates (subject to hydrolysis) is 1. The summed E-state index contributed by atoms with van der Waals surface area (Å²) >= 11 is 0. The number of piperazine rings is 1. The Labute approximate surface area is 221 Å². The van der Waals surface area contributed by atoms with Gasteiger partial charge in [-0.1, -0.05) is 18.7 Å². The van der Waals surface area contributed by atoms with Crippen molar-refractivity contribution in [2.75, 3.05) is 24.5 Å². The van der Waals surface area contributed by atoms with Gasteiger partial charge in [-0.3, -0.25) is 9.69 Å². The highest BCUT2D eigenvalue weighted by Crippen LogP contribution is 2.37. The maximum absolute atomic E-state index is 13.5. The molecule has 4 heterocycles. The van der Waals surface area contributed by atoms with Gasteiger partial charge in [-0.2, -0.15) is 10.5 Å². The minimum absolute atomic E-state index is 0.00195. The molecular weight excluding hydrogens is 486 g/mol. The van der Waals surface area contributed by atoms with Gasteiger partial charge in [0.05, 0.1) is 24.2 Å². The second kappa shape index (κ2) is 10.1. The molecule has 2 bridgehead atoms. The molecular formula is C26H33N9O3. The molecule has 5 rings (SSSR count). The van der Waals surface area contributed by atoms with Crippen molar-refractivity contribution in [1.29, 1.82) is 5.26 Å². The van der Waals surface area contributed by atoms with Gasteiger partial charge in [-0.25, -0.2) is 4.79 Å². The van der Waals surface area contributed by atoms with Gasteiger partial charge in [0.25, 0.3) is 0 Å². The summed E-state index contributed by atoms with van der Waals surface area (Å²) < 4.78 is 5.51. The second-order valence-corrected chi connectivity index (χ2v) is 11.0. The van der Waals surface area contributed by atoms with Gasteiger partial charge in [0, 0.05) is 36.6 Å². The normalized spacial score (nSPS) is 23.9. The topological polar surface area (TPSA) is 143 Å². The van der Waals surface area contributed by atoms with Crippen molar-refractivity contribution in [3.63, 3.8) is 0 Å². The standard InChI is InChI=1S/C26H33N9O3/c1-16(34-10-6-9-19(34)13-27)21(28-25(37)38-26(2,3)4)15-33-14-20-12-22(33)24(36)35(20)18-8-5-7-17(11-18)23-29-31-32-30-23/h5,7-8,11,19-22H,1,6,9-10,12,14-15H2,2-4H3,(H,28,37)(H,29,30,31,32)/t19?,20-,21?,22?/m0/s1. The van der Waals surface area contributed by atoms with Crippen molar-refractivity contribution in [2.45, 2.75) is 69.8 Å². The molecule has 12 nitrogen and oxygen atoms in total. The van der Waals surface area contributed by atoms with Crippen LogP contribution in [-0.2, 0) is 9.53 Å². The first kappa shape index (κ1) is 25.7. The number of hydrogen-bond acceptors (Lipinski definition) is 9. The zero-order valence-corrected chi connectivity index (χ0v) is 21.9. The number of fused-ring (bicyclic) bond motifs is 2. The number of aromatic nitrogens is 4. The van der Waals surface area contributed by atoms with Crippen molar-refractivity contribution >= 4 is 17.7 Å². The number of rotatable bonds is 7. The number of benzene rings is 1. The number of anilines is 1. The summed E-state index contributed by atoms with van der Waals surface area (Å²) in [5, 5.41) is 26.7. The molecule has 0 spiro atoms. The Kier molecular flexibility index (Phi) is 6.79. The number of tetrazole rings is 1. The Morgan fingerprint density at radius 3 is 2.89 bits per heavy atom. The SMILES string of the molecule is C=C(C(CN1C[C@@H]2CC1C(=O)N2c1cccc(-c2nn[nH]n2)c1)NC(=O)OC(C)(C)C)N1CCCC1C#N. The number of H-pyrrole nitrogens is 1. The van der Waals surface area contributed by atoms with Gasteiger partial charge in [0.2, 0.25) is 11.7 Å². The molecule has 0 radical (unpaired) electrons. The van der Waals surface area contributed by atoms with Crippen LogP contribution in [0.4, 0.5) is 10.5 Å². The minimum Gasteiger partial charge on any atom is -0.444 e. The van der Waals surface area contributed by atoms with E-state index in [0.29, 0.717) is 37.6 Å². The molecule has 3 aliphatic heterocycles. The van der Waals surface area contributed by atoms with E-state index in [1.165, 1.54) is 0 Å². The van der Waals surface area contributed by atoms with Crippen LogP contribution in [0.1, 0.15) is 40.0 Å². The van der Waals surface area contributed by atoms with Crippen LogP contribution < -0.4 is 10.2 Å². The Balaban J connectivity index is 1.32. The van der Waals surface area contributed by atoms with Crippen LogP contribution in [0.15, 0.2) is 36.5 Å². The summed E-state index contributed by atoms with van der Waals surface area (Å²) in [4.78, 5) is 32.2. The number of likely N-dealkylation sites (tertiary alicyclic amines) is 2. The van der Waals surface area contributed by atoms with Crippen molar-refractivity contribution < 1.29 is 14.3 Å². The first-order valence-electron chi connectivity index (χ1n) is 12.9. The van der Waals surface area contributed by atoms with E-state index in [9.17, 15) is 14.9 Å². The van der Waals surface area contributed by atoms with E-state index in [4.69, 9.17) is 4.74 Å². The number of nitriles is 1. The van der Waals surface area contributed by atoms with Gasteiger partial charge < -0.3 is 19.9 Å². The quantitative estimate of drug-likeness (QED) is 0.562. The van der Waals surface area contributed by atoms with Crippen LogP contribution in [0, 0.1) is 11.3 Å². The molecule has 3 aliphatic rings. The smallest absolute Gasteiger partial charge is 0.408 e. The first-order chi connectivity index (χ1) is 18.1. The molecule has 2 aromatic rings. The Morgan fingerprint density at radius 1 is 1.39 bits per heavy atom. The number of aromatic amines is 1. The molecule has 0 saturated carbocycles. The third-order valence-electron chi connectivity index (χ3n) is 7.28. The molecule has 3 unspecified atom stereocenters. The van der Waals surface area contributed by atoms with Crippen molar-refractivity contribution in [1.82, 2.24) is 35.7 Å². The van der Waals surface area contributed by atoms with Crippen LogP contribution in [0.3, 0.4) is 0 Å². The third kappa shape index (κ3) is 5.06. The lowest BCUT2D eigenvalue weighted by Crippen LogP contribution is -2.56. The van der Waals surface area contributed by atoms with E-state index in [-0.39, 0.29) is 24.0 Å². The molecule has 4 atom stereocenters. The first-order valence-corrected chi connectivity index (χ1v) is 12.9. The highest BCUT2D eigenvalue weighted by atomic mass is 16.6. The lowest BCUT2D eigenvalue weighted by atomic mass is 10.1. The Hall–Kier alpha value is -3.98. The molecule has 3 fully saturated rings. The fourth-order valence-corrected chi connectivity index (χ4v) is 5.65. The number of amides is 2. The largest absolute Gasteiger partial charge is 0.444 e. The van der Waals surface area contributed by atoms with Gasteiger partial charge in [0.15, 0.2) is 0 Å². The molecule has 3 saturated heterocycles. The molecule has 2 amide bonds. The van der Waals surface area contributed by atoms with Crippen LogP contribution in [-0.4, -0.2) is 91.8 Å². The zero-order valence-electron chi connectivity index (χ0n) is 21.9. The van der Waals surface area contributed by atoms with Gasteiger partial charge in [0.1, 0.15) is 11.6 Å². The van der Waals surface area contributed by atoms with E-state index in [2.05, 4.69) is 43.5 Å². The maximum Gasteiger partial charge on any atom is 0.408 e. The van der Waals surface area contributed by atoms with Crippen molar-refractivity contribution in [2.24, 2.45) is 0 Å². The fraction of sp³-hybridized carbons (Fsp3) is 0.538. The minimum atomic E-state index is -0.655. The van der Waals surface area contributed by atoms with Crippen LogP contribution in [0.2, 0.25) is 0 Å². The summed E-state index contributed by atoms with van der Waals surface area (Å²) in [5.74, 6) is 0.488. The van der Waals surface area contributed by atoms with Crippen molar-refractivity contribution in [3.05, 3.63) is 36.5 Å². The molecule has 38 heavy (non-hydrogen) atoms. The van der Waals surface area contributed by atoms with Crippen LogP contribution in [0.5, 0.6) is 0 Å². The van der Waals surface area contributed by atoms with Crippen molar-refractivity contribution in [3.8, 4) is 17.5 Å². The lowest BCUT2D eigenvalue weighted by Gasteiger charge is -2.38. The average molecular weight is 520 g/mol. The molecule has 2 N–H and O–H groups in total. The van der Waals surface area contributed by atoms with E-state index in [1.54, 1.807) is 0 Å². The number of hydrogen-bond donors (Lipinski definition) is 2. The van der Waals surface area contributed by atoms with E-state index in [0.717, 1.165) is 24.1 Å². The second-order valence-electron chi connectivity index (χ2n) is 11.0. The molecule has 0 aliphatic carbocycles. The third-order valence-corrected chi connectivity index (χ3v) is 7.28. The lowest BCUT2D eigenvalue weighted by molar-refractivity contribution is -0.122. The van der Waals surface area contributed by atoms with E-state index < -0.39 is 17.7 Å². The number of carbonyl (C=O) groups is 2. The van der Waals surface area contributed by atoms with Gasteiger partial charge >= 0.3 is 6.09 Å². The number of ether oxygens (including phenoxy) is 1. The summed E-state index contributed by atoms with van der Waals surface area (Å²) in [7, 11) is 0. The molecule has 12 heteroatoms. The zero-order chi connectivity index (χ0) is 27.0. The van der Waals surface area contributed by atoms with Gasteiger partial charge in [-0.15, -0.1) is 10.2 Å². The number of carbonyl (C=O) groups excluding carboxylic acids is 2. The predicted molar refractivity (Wildman–Crippen MR) is 139 cm³/mol. The van der Waals surface area contributed by atoms with E-state index >= 15 is 0 Å². The molecule has 1 aromatic heterocycles. The number of nitrogens with one attached hydrogen (secondary N) is 2. The summed E-state index contributed by atoms with van der Waals surface area (Å²) in [6.07, 6.45) is 1.80. The Bertz CT molecular complexity index is 1250. The molecule has 1 aromatic carbocycles. The summed E-state index contributed by atoms with van der Waals surface area (Å²) in [6.45, 7) is 11.5. The highest BCUT2D eigenvalue weighted by molar-refractivity contribution is 6.01. The monoisotopic (exact) mass is 519 g/mol.